The number of likely N-dealkylation sites (tertiary alicyclic amines) is 1. The fourth-order valence-corrected chi connectivity index (χ4v) is 3.51. The van der Waals surface area contributed by atoms with E-state index in [4.69, 9.17) is 9.15 Å². The van der Waals surface area contributed by atoms with Crippen LogP contribution in [0.3, 0.4) is 0 Å². The highest BCUT2D eigenvalue weighted by Crippen LogP contribution is 2.32. The third kappa shape index (κ3) is 4.45. The van der Waals surface area contributed by atoms with Gasteiger partial charge in [0.25, 0.3) is 5.91 Å². The molecule has 5 nitrogen and oxygen atoms in total. The molecule has 2 heterocycles. The normalized spacial score (nSPS) is 16.2. The van der Waals surface area contributed by atoms with Gasteiger partial charge in [-0.2, -0.15) is 0 Å². The third-order valence-electron chi connectivity index (χ3n) is 4.88. The summed E-state index contributed by atoms with van der Waals surface area (Å²) in [4.78, 5) is 18.6. The highest BCUT2D eigenvalue weighted by molar-refractivity contribution is 5.78. The van der Waals surface area contributed by atoms with Crippen molar-refractivity contribution in [1.29, 1.82) is 0 Å². The van der Waals surface area contributed by atoms with Crippen molar-refractivity contribution in [2.24, 2.45) is 0 Å². The van der Waals surface area contributed by atoms with Gasteiger partial charge in [0.1, 0.15) is 17.6 Å². The molecule has 0 spiro atoms. The van der Waals surface area contributed by atoms with Gasteiger partial charge < -0.3 is 14.1 Å². The molecular weight excluding hydrogens is 378 g/mol. The van der Waals surface area contributed by atoms with Gasteiger partial charge in [0.2, 0.25) is 5.89 Å². The molecule has 1 amide bonds. The Bertz CT molecular complexity index is 1000. The van der Waals surface area contributed by atoms with Crippen LogP contribution in [0.1, 0.15) is 36.1 Å². The molecule has 2 aromatic carbocycles. The van der Waals surface area contributed by atoms with Crippen LogP contribution in [0.15, 0.2) is 59.1 Å². The largest absolute Gasteiger partial charge is 0.481 e. The van der Waals surface area contributed by atoms with Gasteiger partial charge in [-0.1, -0.05) is 24.3 Å². The maximum atomic E-state index is 13.7. The van der Waals surface area contributed by atoms with Crippen LogP contribution in [-0.2, 0) is 11.2 Å². The zero-order valence-corrected chi connectivity index (χ0v) is 15.7. The Hall–Kier alpha value is -3.22. The molecular formula is C22H20F2N2O3. The number of benzene rings is 2. The standard InChI is InChI=1S/C22H20F2N2O3/c23-16-6-3-5-15(11-16)12-17-13-25-22(29-17)19-8-4-10-26(19)21(27)14-28-20-9-2-1-7-18(20)24/h1-3,5-7,9,11,13,19H,4,8,10,12,14H2. The number of oxazole rings is 1. The highest BCUT2D eigenvalue weighted by Gasteiger charge is 2.33. The molecule has 3 aromatic rings. The fourth-order valence-electron chi connectivity index (χ4n) is 3.51. The van der Waals surface area contributed by atoms with Crippen LogP contribution >= 0.6 is 0 Å². The summed E-state index contributed by atoms with van der Waals surface area (Å²) < 4.78 is 38.2. The number of hydrogen-bond donors (Lipinski definition) is 0. The Balaban J connectivity index is 1.41. The lowest BCUT2D eigenvalue weighted by Gasteiger charge is -2.22. The third-order valence-corrected chi connectivity index (χ3v) is 4.88. The van der Waals surface area contributed by atoms with Crippen LogP contribution in [0.4, 0.5) is 8.78 Å². The molecule has 0 N–H and O–H groups in total. The lowest BCUT2D eigenvalue weighted by atomic mass is 10.1. The molecule has 0 saturated carbocycles. The molecule has 4 rings (SSSR count). The van der Waals surface area contributed by atoms with E-state index in [1.165, 1.54) is 24.3 Å². The Morgan fingerprint density at radius 2 is 2.07 bits per heavy atom. The average Bonchev–Trinajstić information content (AvgIpc) is 3.36. The first-order valence-corrected chi connectivity index (χ1v) is 9.46. The molecule has 7 heteroatoms. The Kier molecular flexibility index (Phi) is 5.55. The minimum Gasteiger partial charge on any atom is -0.481 e. The smallest absolute Gasteiger partial charge is 0.261 e. The maximum Gasteiger partial charge on any atom is 0.261 e. The van der Waals surface area contributed by atoms with Crippen molar-refractivity contribution in [1.82, 2.24) is 9.88 Å². The summed E-state index contributed by atoms with van der Waals surface area (Å²) >= 11 is 0. The number of carbonyl (C=O) groups excluding carboxylic acids is 1. The molecule has 1 aliphatic heterocycles. The second-order valence-corrected chi connectivity index (χ2v) is 6.94. The molecule has 1 fully saturated rings. The molecule has 150 valence electrons. The van der Waals surface area contributed by atoms with Crippen LogP contribution in [0.5, 0.6) is 5.75 Å². The Labute approximate surface area is 166 Å². The lowest BCUT2D eigenvalue weighted by molar-refractivity contribution is -0.134. The number of nitrogens with zero attached hydrogens (tertiary/aromatic N) is 2. The molecule has 0 bridgehead atoms. The molecule has 0 aliphatic carbocycles. The van der Waals surface area contributed by atoms with Crippen LogP contribution < -0.4 is 4.74 Å². The van der Waals surface area contributed by atoms with Crippen LogP contribution in [0.2, 0.25) is 0 Å². The maximum absolute atomic E-state index is 13.7. The van der Waals surface area contributed by atoms with Gasteiger partial charge in [0.15, 0.2) is 18.2 Å². The first kappa shape index (κ1) is 19.1. The second kappa shape index (κ2) is 8.43. The van der Waals surface area contributed by atoms with Gasteiger partial charge in [-0.25, -0.2) is 13.8 Å². The van der Waals surface area contributed by atoms with Crippen molar-refractivity contribution in [3.63, 3.8) is 0 Å². The minimum absolute atomic E-state index is 0.0464. The summed E-state index contributed by atoms with van der Waals surface area (Å²) in [5.41, 5.74) is 0.783. The molecule has 1 atom stereocenters. The summed E-state index contributed by atoms with van der Waals surface area (Å²) in [7, 11) is 0. The van der Waals surface area contributed by atoms with Gasteiger partial charge in [-0.3, -0.25) is 4.79 Å². The predicted octanol–water partition coefficient (Wildman–Crippen LogP) is 4.29. The van der Waals surface area contributed by atoms with Gasteiger partial charge >= 0.3 is 0 Å². The Morgan fingerprint density at radius 1 is 1.21 bits per heavy atom. The molecule has 1 saturated heterocycles. The van der Waals surface area contributed by atoms with E-state index in [1.807, 2.05) is 6.07 Å². The quantitative estimate of drug-likeness (QED) is 0.622. The monoisotopic (exact) mass is 398 g/mol. The molecule has 1 unspecified atom stereocenters. The average molecular weight is 398 g/mol. The summed E-state index contributed by atoms with van der Waals surface area (Å²) in [6, 6.07) is 12.0. The van der Waals surface area contributed by atoms with E-state index in [0.717, 1.165) is 18.4 Å². The number of amides is 1. The number of para-hydroxylation sites is 1. The zero-order chi connectivity index (χ0) is 20.2. The van der Waals surface area contributed by atoms with E-state index in [1.54, 1.807) is 29.3 Å². The number of aromatic nitrogens is 1. The first-order chi connectivity index (χ1) is 14.1. The number of ether oxygens (including phenoxy) is 1. The lowest BCUT2D eigenvalue weighted by Crippen LogP contribution is -2.34. The van der Waals surface area contributed by atoms with Crippen molar-refractivity contribution < 1.29 is 22.7 Å². The summed E-state index contributed by atoms with van der Waals surface area (Å²) in [6.07, 6.45) is 3.57. The zero-order valence-electron chi connectivity index (χ0n) is 15.7. The van der Waals surface area contributed by atoms with Gasteiger partial charge in [-0.15, -0.1) is 0 Å². The van der Waals surface area contributed by atoms with E-state index in [2.05, 4.69) is 4.98 Å². The van der Waals surface area contributed by atoms with E-state index in [9.17, 15) is 13.6 Å². The predicted molar refractivity (Wildman–Crippen MR) is 101 cm³/mol. The SMILES string of the molecule is O=C(COc1ccccc1F)N1CCCC1c1ncc(Cc2cccc(F)c2)o1. The van der Waals surface area contributed by atoms with Crippen LogP contribution in [-0.4, -0.2) is 28.9 Å². The molecule has 29 heavy (non-hydrogen) atoms. The topological polar surface area (TPSA) is 55.6 Å². The van der Waals surface area contributed by atoms with Gasteiger partial charge in [0, 0.05) is 13.0 Å². The fraction of sp³-hybridized carbons (Fsp3) is 0.273. The van der Waals surface area contributed by atoms with Gasteiger partial charge in [0.05, 0.1) is 6.20 Å². The summed E-state index contributed by atoms with van der Waals surface area (Å²) in [6.45, 7) is 0.306. The number of carbonyl (C=O) groups is 1. The van der Waals surface area contributed by atoms with Crippen molar-refractivity contribution in [2.75, 3.05) is 13.2 Å². The molecule has 1 aliphatic rings. The minimum atomic E-state index is -0.507. The number of hydrogen-bond acceptors (Lipinski definition) is 4. The summed E-state index contributed by atoms with van der Waals surface area (Å²) in [5.74, 6) is 0.0454. The number of halogens is 2. The van der Waals surface area contributed by atoms with E-state index in [-0.39, 0.29) is 30.1 Å². The van der Waals surface area contributed by atoms with E-state index >= 15 is 0 Å². The Morgan fingerprint density at radius 3 is 2.90 bits per heavy atom. The first-order valence-electron chi connectivity index (χ1n) is 9.46. The molecule has 1 aromatic heterocycles. The van der Waals surface area contributed by atoms with Gasteiger partial charge in [-0.05, 0) is 42.7 Å². The molecule has 0 radical (unpaired) electrons. The van der Waals surface area contributed by atoms with E-state index in [0.29, 0.717) is 24.6 Å². The van der Waals surface area contributed by atoms with Crippen molar-refractivity contribution in [3.8, 4) is 5.75 Å². The van der Waals surface area contributed by atoms with E-state index < -0.39 is 5.82 Å². The highest BCUT2D eigenvalue weighted by atomic mass is 19.1. The number of rotatable bonds is 6. The van der Waals surface area contributed by atoms with Crippen molar-refractivity contribution >= 4 is 5.91 Å². The van der Waals surface area contributed by atoms with Crippen LogP contribution in [0, 0.1) is 11.6 Å². The summed E-state index contributed by atoms with van der Waals surface area (Å²) in [5, 5.41) is 0. The van der Waals surface area contributed by atoms with Crippen LogP contribution in [0.25, 0.3) is 0 Å². The van der Waals surface area contributed by atoms with Crippen molar-refractivity contribution in [2.45, 2.75) is 25.3 Å². The van der Waals surface area contributed by atoms with Crippen molar-refractivity contribution in [3.05, 3.63) is 83.6 Å². The second-order valence-electron chi connectivity index (χ2n) is 6.94.